The van der Waals surface area contributed by atoms with Crippen molar-refractivity contribution in [1.29, 1.82) is 0 Å². The normalized spacial score (nSPS) is 15.1. The standard InChI is InChI=1S/C21H23ClN2O2/c1-16(17-6-8-20(26-2)9-7-17)14-21(25)24-12-10-23(11-13-24)19-5-3-4-18(22)15-19/h3-9,14-15H,10-13H2,1-2H3. The molecule has 136 valence electrons. The molecule has 2 aromatic carbocycles. The van der Waals surface area contributed by atoms with Crippen LogP contribution in [0.4, 0.5) is 5.69 Å². The van der Waals surface area contributed by atoms with Crippen molar-refractivity contribution < 1.29 is 9.53 Å². The minimum atomic E-state index is 0.0593. The van der Waals surface area contributed by atoms with Gasteiger partial charge in [0.1, 0.15) is 5.75 Å². The van der Waals surface area contributed by atoms with Crippen molar-refractivity contribution in [2.24, 2.45) is 0 Å². The fraction of sp³-hybridized carbons (Fsp3) is 0.286. The van der Waals surface area contributed by atoms with Crippen LogP contribution >= 0.6 is 11.6 Å². The topological polar surface area (TPSA) is 32.8 Å². The number of rotatable bonds is 4. The largest absolute Gasteiger partial charge is 0.497 e. The minimum absolute atomic E-state index is 0.0593. The molecule has 0 aliphatic carbocycles. The number of amides is 1. The van der Waals surface area contributed by atoms with Gasteiger partial charge in [0.05, 0.1) is 7.11 Å². The van der Waals surface area contributed by atoms with Crippen molar-refractivity contribution in [3.05, 3.63) is 65.2 Å². The van der Waals surface area contributed by atoms with Gasteiger partial charge in [-0.3, -0.25) is 4.79 Å². The van der Waals surface area contributed by atoms with Gasteiger partial charge in [-0.2, -0.15) is 0 Å². The zero-order valence-electron chi connectivity index (χ0n) is 15.1. The fourth-order valence-corrected chi connectivity index (χ4v) is 3.26. The van der Waals surface area contributed by atoms with Gasteiger partial charge in [0.15, 0.2) is 0 Å². The smallest absolute Gasteiger partial charge is 0.246 e. The number of hydrogen-bond acceptors (Lipinski definition) is 3. The first-order valence-electron chi connectivity index (χ1n) is 8.69. The van der Waals surface area contributed by atoms with E-state index in [0.29, 0.717) is 13.1 Å². The molecule has 0 atom stereocenters. The van der Waals surface area contributed by atoms with Gasteiger partial charge < -0.3 is 14.5 Å². The number of benzene rings is 2. The molecule has 0 bridgehead atoms. The van der Waals surface area contributed by atoms with Crippen LogP contribution in [-0.2, 0) is 4.79 Å². The molecule has 0 N–H and O–H groups in total. The molecule has 0 unspecified atom stereocenters. The fourth-order valence-electron chi connectivity index (χ4n) is 3.07. The average molecular weight is 371 g/mol. The van der Waals surface area contributed by atoms with Crippen LogP contribution in [0.25, 0.3) is 5.57 Å². The van der Waals surface area contributed by atoms with Crippen molar-refractivity contribution in [3.8, 4) is 5.75 Å². The Morgan fingerprint density at radius 3 is 2.38 bits per heavy atom. The lowest BCUT2D eigenvalue weighted by atomic mass is 10.1. The van der Waals surface area contributed by atoms with Gasteiger partial charge in [-0.15, -0.1) is 0 Å². The third kappa shape index (κ3) is 4.38. The molecule has 4 nitrogen and oxygen atoms in total. The molecule has 1 fully saturated rings. The number of carbonyl (C=O) groups is 1. The van der Waals surface area contributed by atoms with E-state index >= 15 is 0 Å². The quantitative estimate of drug-likeness (QED) is 0.759. The first-order valence-corrected chi connectivity index (χ1v) is 9.07. The maximum absolute atomic E-state index is 12.6. The van der Waals surface area contributed by atoms with Crippen LogP contribution in [0.2, 0.25) is 5.02 Å². The van der Waals surface area contributed by atoms with Gasteiger partial charge >= 0.3 is 0 Å². The molecule has 5 heteroatoms. The van der Waals surface area contributed by atoms with Crippen molar-refractivity contribution in [2.45, 2.75) is 6.92 Å². The second kappa shape index (κ2) is 8.28. The summed E-state index contributed by atoms with van der Waals surface area (Å²) in [6.07, 6.45) is 1.72. The van der Waals surface area contributed by atoms with Crippen molar-refractivity contribution in [3.63, 3.8) is 0 Å². The zero-order chi connectivity index (χ0) is 18.5. The number of nitrogens with zero attached hydrogens (tertiary/aromatic N) is 2. The highest BCUT2D eigenvalue weighted by Crippen LogP contribution is 2.22. The van der Waals surface area contributed by atoms with E-state index in [1.54, 1.807) is 13.2 Å². The SMILES string of the molecule is COc1ccc(C(C)=CC(=O)N2CCN(c3cccc(Cl)c3)CC2)cc1. The summed E-state index contributed by atoms with van der Waals surface area (Å²) >= 11 is 6.07. The molecule has 1 saturated heterocycles. The van der Waals surface area contributed by atoms with Crippen LogP contribution in [0.3, 0.4) is 0 Å². The van der Waals surface area contributed by atoms with Crippen molar-refractivity contribution in [2.75, 3.05) is 38.2 Å². The molecule has 3 rings (SSSR count). The number of methoxy groups -OCH3 is 1. The maximum Gasteiger partial charge on any atom is 0.246 e. The number of hydrogen-bond donors (Lipinski definition) is 0. The zero-order valence-corrected chi connectivity index (χ0v) is 15.9. The average Bonchev–Trinajstić information content (AvgIpc) is 2.68. The molecule has 0 saturated carbocycles. The van der Waals surface area contributed by atoms with E-state index in [9.17, 15) is 4.79 Å². The summed E-state index contributed by atoms with van der Waals surface area (Å²) in [4.78, 5) is 16.7. The summed E-state index contributed by atoms with van der Waals surface area (Å²) in [5, 5.41) is 0.735. The molecule has 1 aliphatic heterocycles. The van der Waals surface area contributed by atoms with Crippen LogP contribution in [0.15, 0.2) is 54.6 Å². The van der Waals surface area contributed by atoms with Crippen LogP contribution < -0.4 is 9.64 Å². The Balaban J connectivity index is 1.60. The van der Waals surface area contributed by atoms with E-state index in [1.807, 2.05) is 54.3 Å². The Morgan fingerprint density at radius 1 is 1.08 bits per heavy atom. The van der Waals surface area contributed by atoms with Gasteiger partial charge in [-0.1, -0.05) is 29.8 Å². The van der Waals surface area contributed by atoms with Crippen LogP contribution in [0.5, 0.6) is 5.75 Å². The lowest BCUT2D eigenvalue weighted by Gasteiger charge is -2.35. The molecular weight excluding hydrogens is 348 g/mol. The molecule has 0 spiro atoms. The number of anilines is 1. The van der Waals surface area contributed by atoms with Crippen LogP contribution in [-0.4, -0.2) is 44.1 Å². The summed E-state index contributed by atoms with van der Waals surface area (Å²) in [6.45, 7) is 4.99. The number of carbonyl (C=O) groups excluding carboxylic acids is 1. The Kier molecular flexibility index (Phi) is 5.84. The van der Waals surface area contributed by atoms with Crippen LogP contribution in [0, 0.1) is 0 Å². The van der Waals surface area contributed by atoms with Gasteiger partial charge in [0.25, 0.3) is 0 Å². The third-order valence-corrected chi connectivity index (χ3v) is 4.89. The number of ether oxygens (including phenoxy) is 1. The molecule has 0 radical (unpaired) electrons. The molecule has 1 heterocycles. The number of allylic oxidation sites excluding steroid dienone is 1. The van der Waals surface area contributed by atoms with Gasteiger partial charge in [-0.05, 0) is 48.4 Å². The predicted molar refractivity (Wildman–Crippen MR) is 107 cm³/mol. The van der Waals surface area contributed by atoms with Gasteiger partial charge in [0, 0.05) is 43.0 Å². The predicted octanol–water partition coefficient (Wildman–Crippen LogP) is 4.10. The highest BCUT2D eigenvalue weighted by atomic mass is 35.5. The van der Waals surface area contributed by atoms with E-state index in [4.69, 9.17) is 16.3 Å². The first-order chi connectivity index (χ1) is 12.6. The van der Waals surface area contributed by atoms with Crippen molar-refractivity contribution in [1.82, 2.24) is 4.90 Å². The summed E-state index contributed by atoms with van der Waals surface area (Å²) in [6, 6.07) is 15.6. The summed E-state index contributed by atoms with van der Waals surface area (Å²) < 4.78 is 5.17. The van der Waals surface area contributed by atoms with E-state index < -0.39 is 0 Å². The molecular formula is C21H23ClN2O2. The number of halogens is 1. The van der Waals surface area contributed by atoms with Crippen molar-refractivity contribution >= 4 is 28.8 Å². The lowest BCUT2D eigenvalue weighted by Crippen LogP contribution is -2.48. The van der Waals surface area contributed by atoms with Gasteiger partial charge in [-0.25, -0.2) is 0 Å². The molecule has 2 aromatic rings. The Labute approximate surface area is 159 Å². The first kappa shape index (κ1) is 18.3. The summed E-state index contributed by atoms with van der Waals surface area (Å²) in [7, 11) is 1.64. The highest BCUT2D eigenvalue weighted by molar-refractivity contribution is 6.30. The van der Waals surface area contributed by atoms with E-state index in [0.717, 1.165) is 40.7 Å². The Bertz CT molecular complexity index is 794. The van der Waals surface area contributed by atoms with E-state index in [2.05, 4.69) is 11.0 Å². The second-order valence-electron chi connectivity index (χ2n) is 6.35. The monoisotopic (exact) mass is 370 g/mol. The second-order valence-corrected chi connectivity index (χ2v) is 6.78. The summed E-state index contributed by atoms with van der Waals surface area (Å²) in [5.41, 5.74) is 3.08. The van der Waals surface area contributed by atoms with E-state index in [1.165, 1.54) is 0 Å². The Hall–Kier alpha value is -2.46. The summed E-state index contributed by atoms with van der Waals surface area (Å²) in [5.74, 6) is 0.870. The maximum atomic E-state index is 12.6. The molecule has 26 heavy (non-hydrogen) atoms. The highest BCUT2D eigenvalue weighted by Gasteiger charge is 2.20. The molecule has 1 aliphatic rings. The van der Waals surface area contributed by atoms with Gasteiger partial charge in [0.2, 0.25) is 5.91 Å². The lowest BCUT2D eigenvalue weighted by molar-refractivity contribution is -0.126. The van der Waals surface area contributed by atoms with E-state index in [-0.39, 0.29) is 5.91 Å². The third-order valence-electron chi connectivity index (χ3n) is 4.65. The van der Waals surface area contributed by atoms with Crippen LogP contribution in [0.1, 0.15) is 12.5 Å². The molecule has 1 amide bonds. The Morgan fingerprint density at radius 2 is 1.77 bits per heavy atom. The minimum Gasteiger partial charge on any atom is -0.497 e. The molecule has 0 aromatic heterocycles. The number of piperazine rings is 1.